The highest BCUT2D eigenvalue weighted by atomic mass is 32.2. The van der Waals surface area contributed by atoms with Gasteiger partial charge in [0.25, 0.3) is 0 Å². The van der Waals surface area contributed by atoms with Gasteiger partial charge in [-0.05, 0) is 13.0 Å². The lowest BCUT2D eigenvalue weighted by atomic mass is 10.3. The number of aromatic nitrogens is 3. The first-order chi connectivity index (χ1) is 7.39. The lowest BCUT2D eigenvalue weighted by Crippen LogP contribution is -2.12. The summed E-state index contributed by atoms with van der Waals surface area (Å²) in [7, 11) is -2.16. The number of nitrogens with zero attached hydrogens (tertiary/aromatic N) is 3. The van der Waals surface area contributed by atoms with Crippen LogP contribution in [-0.4, -0.2) is 23.4 Å². The summed E-state index contributed by atoms with van der Waals surface area (Å²) >= 11 is 0. The second-order valence-electron chi connectivity index (χ2n) is 3.36. The Hall–Kier alpha value is -1.67. The number of hydrogen-bond acceptors (Lipinski definition) is 5. The molecule has 0 spiro atoms. The van der Waals surface area contributed by atoms with E-state index in [4.69, 9.17) is 9.66 Å². The molecule has 8 heteroatoms. The molecule has 86 valence electrons. The molecule has 0 aliphatic heterocycles. The van der Waals surface area contributed by atoms with E-state index in [1.165, 1.54) is 4.68 Å². The van der Waals surface area contributed by atoms with Crippen molar-refractivity contribution in [1.82, 2.24) is 14.9 Å². The van der Waals surface area contributed by atoms with E-state index in [1.807, 2.05) is 0 Å². The van der Waals surface area contributed by atoms with Crippen LogP contribution in [0.1, 0.15) is 5.69 Å². The maximum absolute atomic E-state index is 11.3. The van der Waals surface area contributed by atoms with E-state index in [0.29, 0.717) is 5.69 Å². The second-order valence-corrected chi connectivity index (χ2v) is 4.89. The van der Waals surface area contributed by atoms with Gasteiger partial charge in [0, 0.05) is 7.05 Å². The zero-order valence-electron chi connectivity index (χ0n) is 8.71. The number of nitrogens with two attached hydrogens (primary N) is 1. The van der Waals surface area contributed by atoms with Gasteiger partial charge in [-0.1, -0.05) is 5.16 Å². The standard InChI is InChI=1S/C8H10N4O3S/c1-5-3-6(12(2)11-5)8-7(4-10-15-8)16(9,13)14/h3-4H,1-2H3,(H2,9,13,14). The van der Waals surface area contributed by atoms with Gasteiger partial charge in [-0.15, -0.1) is 0 Å². The molecule has 2 rings (SSSR count). The van der Waals surface area contributed by atoms with Crippen molar-refractivity contribution in [3.63, 3.8) is 0 Å². The number of primary sulfonamides is 1. The molecule has 7 nitrogen and oxygen atoms in total. The number of hydrogen-bond donors (Lipinski definition) is 1. The van der Waals surface area contributed by atoms with E-state index in [1.54, 1.807) is 20.0 Å². The Morgan fingerprint density at radius 2 is 2.19 bits per heavy atom. The molecule has 2 aromatic rings. The average molecular weight is 242 g/mol. The van der Waals surface area contributed by atoms with Crippen molar-refractivity contribution in [3.8, 4) is 11.5 Å². The molecule has 0 bridgehead atoms. The van der Waals surface area contributed by atoms with Gasteiger partial charge >= 0.3 is 0 Å². The fraction of sp³-hybridized carbons (Fsp3) is 0.250. The molecule has 0 aromatic carbocycles. The van der Waals surface area contributed by atoms with Crippen LogP contribution < -0.4 is 5.14 Å². The largest absolute Gasteiger partial charge is 0.353 e. The van der Waals surface area contributed by atoms with Gasteiger partial charge in [-0.2, -0.15) is 5.10 Å². The number of sulfonamides is 1. The van der Waals surface area contributed by atoms with Gasteiger partial charge in [-0.3, -0.25) is 4.68 Å². The maximum Gasteiger partial charge on any atom is 0.243 e. The van der Waals surface area contributed by atoms with Crippen LogP contribution in [-0.2, 0) is 17.1 Å². The predicted molar refractivity (Wildman–Crippen MR) is 54.8 cm³/mol. The third-order valence-corrected chi connectivity index (χ3v) is 2.98. The summed E-state index contributed by atoms with van der Waals surface area (Å²) in [6.07, 6.45) is 1.08. The molecule has 0 aliphatic carbocycles. The molecule has 16 heavy (non-hydrogen) atoms. The highest BCUT2D eigenvalue weighted by Crippen LogP contribution is 2.26. The Kier molecular flexibility index (Phi) is 2.32. The third-order valence-electron chi connectivity index (χ3n) is 2.08. The summed E-state index contributed by atoms with van der Waals surface area (Å²) in [6.45, 7) is 1.79. The Morgan fingerprint density at radius 1 is 1.50 bits per heavy atom. The summed E-state index contributed by atoms with van der Waals surface area (Å²) in [6, 6.07) is 1.69. The molecule has 0 radical (unpaired) electrons. The molecule has 0 aliphatic rings. The minimum atomic E-state index is -3.84. The molecule has 0 unspecified atom stereocenters. The molecular weight excluding hydrogens is 232 g/mol. The van der Waals surface area contributed by atoms with Gasteiger partial charge in [-0.25, -0.2) is 13.6 Å². The van der Waals surface area contributed by atoms with Crippen molar-refractivity contribution in [2.75, 3.05) is 0 Å². The summed E-state index contributed by atoms with van der Waals surface area (Å²) in [5.74, 6) is 0.102. The summed E-state index contributed by atoms with van der Waals surface area (Å²) in [5, 5.41) is 12.6. The van der Waals surface area contributed by atoms with Crippen molar-refractivity contribution in [3.05, 3.63) is 18.0 Å². The van der Waals surface area contributed by atoms with Crippen LogP contribution in [0.25, 0.3) is 11.5 Å². The topological polar surface area (TPSA) is 104 Å². The summed E-state index contributed by atoms with van der Waals surface area (Å²) < 4.78 is 28.9. The molecule has 0 saturated carbocycles. The lowest BCUT2D eigenvalue weighted by Gasteiger charge is -1.98. The van der Waals surface area contributed by atoms with Crippen LogP contribution in [0.15, 0.2) is 21.7 Å². The van der Waals surface area contributed by atoms with Crippen LogP contribution in [0.2, 0.25) is 0 Å². The molecule has 2 N–H and O–H groups in total. The van der Waals surface area contributed by atoms with Gasteiger partial charge in [0.15, 0.2) is 4.90 Å². The van der Waals surface area contributed by atoms with Crippen LogP contribution >= 0.6 is 0 Å². The SMILES string of the molecule is Cc1cc(-c2oncc2S(N)(=O)=O)n(C)n1. The van der Waals surface area contributed by atoms with E-state index in [0.717, 1.165) is 11.9 Å². The molecule has 0 amide bonds. The van der Waals surface area contributed by atoms with E-state index in [9.17, 15) is 8.42 Å². The Bertz CT molecular complexity index is 626. The van der Waals surface area contributed by atoms with E-state index >= 15 is 0 Å². The highest BCUT2D eigenvalue weighted by Gasteiger charge is 2.22. The van der Waals surface area contributed by atoms with E-state index in [-0.39, 0.29) is 10.7 Å². The fourth-order valence-corrected chi connectivity index (χ4v) is 2.02. The minimum absolute atomic E-state index is 0.102. The van der Waals surface area contributed by atoms with Crippen LogP contribution in [0.3, 0.4) is 0 Å². The minimum Gasteiger partial charge on any atom is -0.353 e. The number of aryl methyl sites for hydroxylation is 2. The fourth-order valence-electron chi connectivity index (χ4n) is 1.43. The van der Waals surface area contributed by atoms with Gasteiger partial charge in [0.2, 0.25) is 15.8 Å². The van der Waals surface area contributed by atoms with Crippen LogP contribution in [0.5, 0.6) is 0 Å². The first-order valence-electron chi connectivity index (χ1n) is 4.38. The van der Waals surface area contributed by atoms with Gasteiger partial charge in [0.1, 0.15) is 5.69 Å². The molecule has 2 aromatic heterocycles. The Balaban J connectivity index is 2.67. The van der Waals surface area contributed by atoms with Crippen LogP contribution in [0.4, 0.5) is 0 Å². The Morgan fingerprint density at radius 3 is 2.69 bits per heavy atom. The summed E-state index contributed by atoms with van der Waals surface area (Å²) in [5.41, 5.74) is 1.26. The van der Waals surface area contributed by atoms with Crippen molar-refractivity contribution >= 4 is 10.0 Å². The zero-order valence-corrected chi connectivity index (χ0v) is 9.52. The molecule has 0 atom stereocenters. The third kappa shape index (κ3) is 1.72. The highest BCUT2D eigenvalue weighted by molar-refractivity contribution is 7.89. The Labute approximate surface area is 91.9 Å². The van der Waals surface area contributed by atoms with Crippen molar-refractivity contribution < 1.29 is 12.9 Å². The molecule has 2 heterocycles. The van der Waals surface area contributed by atoms with Gasteiger partial charge < -0.3 is 4.52 Å². The molecule has 0 saturated heterocycles. The van der Waals surface area contributed by atoms with E-state index < -0.39 is 10.0 Å². The maximum atomic E-state index is 11.3. The van der Waals surface area contributed by atoms with E-state index in [2.05, 4.69) is 10.3 Å². The van der Waals surface area contributed by atoms with Crippen LogP contribution in [0, 0.1) is 6.92 Å². The molecular formula is C8H10N4O3S. The van der Waals surface area contributed by atoms with Crippen molar-refractivity contribution in [1.29, 1.82) is 0 Å². The monoisotopic (exact) mass is 242 g/mol. The smallest absolute Gasteiger partial charge is 0.243 e. The predicted octanol–water partition coefficient (Wildman–Crippen LogP) is 0.0309. The second kappa shape index (κ2) is 3.42. The molecule has 0 fully saturated rings. The average Bonchev–Trinajstić information content (AvgIpc) is 2.69. The van der Waals surface area contributed by atoms with Gasteiger partial charge in [0.05, 0.1) is 11.9 Å². The normalized spacial score (nSPS) is 11.9. The zero-order chi connectivity index (χ0) is 11.9. The number of rotatable bonds is 2. The summed E-state index contributed by atoms with van der Waals surface area (Å²) in [4.78, 5) is -0.143. The van der Waals surface area contributed by atoms with Crippen molar-refractivity contribution in [2.24, 2.45) is 12.2 Å². The van der Waals surface area contributed by atoms with Crippen molar-refractivity contribution in [2.45, 2.75) is 11.8 Å². The lowest BCUT2D eigenvalue weighted by molar-refractivity contribution is 0.427. The quantitative estimate of drug-likeness (QED) is 0.800. The first-order valence-corrected chi connectivity index (χ1v) is 5.92. The first kappa shape index (κ1) is 10.8.